The summed E-state index contributed by atoms with van der Waals surface area (Å²) < 4.78 is 2.27. The Balaban J connectivity index is 0.000000868. The van der Waals surface area contributed by atoms with E-state index in [9.17, 15) is 5.11 Å². The second-order valence-electron chi connectivity index (χ2n) is 14.0. The minimum Gasteiger partial charge on any atom is -0.398 e. The van der Waals surface area contributed by atoms with Crippen molar-refractivity contribution in [1.82, 2.24) is 19.6 Å². The van der Waals surface area contributed by atoms with E-state index in [0.29, 0.717) is 34.0 Å². The summed E-state index contributed by atoms with van der Waals surface area (Å²) in [6.07, 6.45) is 8.90. The Labute approximate surface area is 261 Å². The molecule has 10 heteroatoms. The molecule has 2 aromatic rings. The second kappa shape index (κ2) is 11.7. The minimum absolute atomic E-state index is 0.0186. The van der Waals surface area contributed by atoms with Crippen LogP contribution >= 0.6 is 11.6 Å². The van der Waals surface area contributed by atoms with Crippen LogP contribution in [0.5, 0.6) is 0 Å². The van der Waals surface area contributed by atoms with Gasteiger partial charge in [0.15, 0.2) is 5.82 Å². The van der Waals surface area contributed by atoms with E-state index in [4.69, 9.17) is 32.6 Å². The number of aldehydes is 1. The number of carbonyl (C=O) groups is 1. The van der Waals surface area contributed by atoms with Crippen molar-refractivity contribution < 1.29 is 9.90 Å². The number of nitrogens with zero attached hydrogens (tertiary/aromatic N) is 5. The molecule has 1 aromatic heterocycles. The predicted octanol–water partition coefficient (Wildman–Crippen LogP) is 4.85. The molecule has 0 unspecified atom stereocenters. The number of likely N-dealkylation sites (tertiary alicyclic amines) is 1. The summed E-state index contributed by atoms with van der Waals surface area (Å²) in [7, 11) is 2.20. The Bertz CT molecular complexity index is 1390. The summed E-state index contributed by atoms with van der Waals surface area (Å²) in [6.45, 7) is 16.6. The number of nitrogens with one attached hydrogen (secondary N) is 1. The van der Waals surface area contributed by atoms with Crippen LogP contribution < -0.4 is 10.6 Å². The first-order chi connectivity index (χ1) is 20.4. The van der Waals surface area contributed by atoms with Gasteiger partial charge in [-0.05, 0) is 90.0 Å². The Morgan fingerprint density at radius 2 is 1.86 bits per heavy atom. The number of allylic oxidation sites excluding steroid dienone is 1. The number of anilines is 2. The molecular weight excluding hydrogens is 562 g/mol. The first kappa shape index (κ1) is 31.7. The predicted molar refractivity (Wildman–Crippen MR) is 176 cm³/mol. The first-order valence-corrected chi connectivity index (χ1v) is 15.8. The number of nitrogens with two attached hydrogens (primary N) is 1. The maximum atomic E-state index is 10.1. The fourth-order valence-electron chi connectivity index (χ4n) is 7.98. The van der Waals surface area contributed by atoms with Gasteiger partial charge in [-0.1, -0.05) is 18.2 Å². The monoisotopic (exact) mass is 609 g/mol. The van der Waals surface area contributed by atoms with Gasteiger partial charge < -0.3 is 26.0 Å². The van der Waals surface area contributed by atoms with Gasteiger partial charge in [-0.2, -0.15) is 5.10 Å². The third kappa shape index (κ3) is 5.32. The Hall–Kier alpha value is -2.72. The molecule has 3 heterocycles. The van der Waals surface area contributed by atoms with Crippen LogP contribution in [0.2, 0.25) is 5.02 Å². The number of piperazine rings is 1. The second-order valence-corrected chi connectivity index (χ2v) is 14.4. The summed E-state index contributed by atoms with van der Waals surface area (Å²) in [5, 5.41) is 24.5. The van der Waals surface area contributed by atoms with Crippen molar-refractivity contribution in [3.63, 3.8) is 0 Å². The molecule has 4 N–H and O–H groups in total. The number of aryl methyl sites for hydroxylation is 1. The zero-order chi connectivity index (χ0) is 31.3. The van der Waals surface area contributed by atoms with Crippen LogP contribution in [0.15, 0.2) is 18.7 Å². The highest BCUT2D eigenvalue weighted by Gasteiger charge is 2.54. The average Bonchev–Trinajstić information content (AvgIpc) is 3.26. The topological polar surface area (TPSA) is 115 Å². The van der Waals surface area contributed by atoms with E-state index < -0.39 is 0 Å². The summed E-state index contributed by atoms with van der Waals surface area (Å²) in [4.78, 5) is 16.5. The largest absolute Gasteiger partial charge is 0.398 e. The van der Waals surface area contributed by atoms with Crippen molar-refractivity contribution in [3.8, 4) is 11.1 Å². The van der Waals surface area contributed by atoms with Crippen molar-refractivity contribution in [2.45, 2.75) is 76.9 Å². The van der Waals surface area contributed by atoms with Gasteiger partial charge in [-0.3, -0.25) is 14.4 Å². The van der Waals surface area contributed by atoms with Gasteiger partial charge in [0.25, 0.3) is 0 Å². The Kier molecular flexibility index (Phi) is 8.59. The van der Waals surface area contributed by atoms with E-state index in [0.717, 1.165) is 73.5 Å². The van der Waals surface area contributed by atoms with Gasteiger partial charge in [-0.15, -0.1) is 0 Å². The Morgan fingerprint density at radius 3 is 2.37 bits per heavy atom. The average molecular weight is 610 g/mol. The lowest BCUT2D eigenvalue weighted by Crippen LogP contribution is -2.69. The maximum absolute atomic E-state index is 10.1. The quantitative estimate of drug-likeness (QED) is 0.178. The first-order valence-electron chi connectivity index (χ1n) is 15.4. The van der Waals surface area contributed by atoms with Crippen LogP contribution in [-0.4, -0.2) is 94.6 Å². The molecule has 4 aliphatic rings. The van der Waals surface area contributed by atoms with Crippen LogP contribution in [-0.2, 0) is 4.79 Å². The lowest BCUT2D eigenvalue weighted by Gasteiger charge is -2.59. The van der Waals surface area contributed by atoms with Crippen molar-refractivity contribution in [2.75, 3.05) is 57.0 Å². The number of nitrogen functional groups attached to an aromatic ring is 1. The molecule has 1 aromatic carbocycles. The number of hydrogen-bond acceptors (Lipinski definition) is 8. The highest BCUT2D eigenvalue weighted by Crippen LogP contribution is 2.56. The molecule has 2 saturated carbocycles. The lowest BCUT2D eigenvalue weighted by molar-refractivity contribution is -0.104. The third-order valence-corrected chi connectivity index (χ3v) is 11.0. The number of aromatic nitrogens is 2. The van der Waals surface area contributed by atoms with Crippen LogP contribution in [0.4, 0.5) is 11.5 Å². The number of benzene rings is 1. The van der Waals surface area contributed by atoms with E-state index in [2.05, 4.69) is 53.8 Å². The summed E-state index contributed by atoms with van der Waals surface area (Å²) in [6, 6.07) is 2.25. The summed E-state index contributed by atoms with van der Waals surface area (Å²) in [5.74, 6) is 0.982. The lowest BCUT2D eigenvalue weighted by atomic mass is 9.61. The highest BCUT2D eigenvalue weighted by molar-refractivity contribution is 6.35. The molecule has 0 amide bonds. The van der Waals surface area contributed by atoms with E-state index >= 15 is 0 Å². The SMILES string of the molecule is C=CC=O.Cc1cc(N)c(C=N)c(-c2c(N3CCN(C(C)(C)CO)CC34CCC4)nn(C3CC4(C3)CN(C)C4)c2C)c1Cl. The number of aliphatic hydroxyl groups excluding tert-OH is 1. The summed E-state index contributed by atoms with van der Waals surface area (Å²) >= 11 is 7.06. The van der Waals surface area contributed by atoms with Crippen LogP contribution in [0.3, 0.4) is 0 Å². The normalized spacial score (nSPS) is 21.4. The zero-order valence-corrected chi connectivity index (χ0v) is 27.2. The van der Waals surface area contributed by atoms with Crippen LogP contribution in [0, 0.1) is 24.7 Å². The number of hydrogen-bond donors (Lipinski definition) is 3. The fraction of sp³-hybridized carbons (Fsp3) is 0.606. The summed E-state index contributed by atoms with van der Waals surface area (Å²) in [5.41, 5.74) is 11.8. The van der Waals surface area contributed by atoms with Crippen LogP contribution in [0.25, 0.3) is 11.1 Å². The molecule has 234 valence electrons. The molecule has 2 aliphatic carbocycles. The number of rotatable bonds is 7. The van der Waals surface area contributed by atoms with Crippen molar-refractivity contribution in [1.29, 1.82) is 5.41 Å². The molecule has 43 heavy (non-hydrogen) atoms. The fourth-order valence-corrected chi connectivity index (χ4v) is 8.23. The molecule has 9 nitrogen and oxygen atoms in total. The van der Waals surface area contributed by atoms with E-state index in [1.165, 1.54) is 31.8 Å². The van der Waals surface area contributed by atoms with Crippen molar-refractivity contribution >= 4 is 35.6 Å². The molecule has 2 saturated heterocycles. The molecule has 2 aliphatic heterocycles. The van der Waals surface area contributed by atoms with Crippen molar-refractivity contribution in [2.24, 2.45) is 5.41 Å². The zero-order valence-electron chi connectivity index (χ0n) is 26.4. The molecule has 4 fully saturated rings. The molecule has 6 rings (SSSR count). The molecule has 0 atom stereocenters. The molecule has 0 radical (unpaired) electrons. The smallest absolute Gasteiger partial charge is 0.159 e. The van der Waals surface area contributed by atoms with E-state index in [-0.39, 0.29) is 17.7 Å². The molecule has 0 bridgehead atoms. The Morgan fingerprint density at radius 1 is 1.21 bits per heavy atom. The van der Waals surface area contributed by atoms with E-state index in [1.54, 1.807) is 0 Å². The molecule has 2 spiro atoms. The maximum Gasteiger partial charge on any atom is 0.159 e. The van der Waals surface area contributed by atoms with Crippen LogP contribution in [0.1, 0.15) is 68.8 Å². The minimum atomic E-state index is -0.259. The third-order valence-electron chi connectivity index (χ3n) is 10.5. The number of carbonyl (C=O) groups excluding carboxylic acids is 1. The number of halogens is 1. The van der Waals surface area contributed by atoms with Gasteiger partial charge in [0.2, 0.25) is 0 Å². The van der Waals surface area contributed by atoms with Gasteiger partial charge in [-0.25, -0.2) is 0 Å². The molecular formula is C33H48ClN7O2. The van der Waals surface area contributed by atoms with Gasteiger partial charge in [0, 0.05) is 72.5 Å². The number of aliphatic hydroxyl groups is 1. The van der Waals surface area contributed by atoms with Gasteiger partial charge >= 0.3 is 0 Å². The van der Waals surface area contributed by atoms with Gasteiger partial charge in [0.1, 0.15) is 6.29 Å². The standard InChI is InChI=1S/C30H44ClN7O.C3H4O/c1-19-11-23(33)22(14-32)25(26(19)31)24-20(2)38(21-12-29(13-21)15-35(5)16-29)34-27(24)37-10-9-36(28(3,4)18-39)17-30(37)7-6-8-30;1-2-3-4/h11,14,21,32,39H,6-10,12-13,15-18,33H2,1-5H3;2-3H,1H2. The highest BCUT2D eigenvalue weighted by atomic mass is 35.5. The van der Waals surface area contributed by atoms with E-state index in [1.807, 2.05) is 13.0 Å². The van der Waals surface area contributed by atoms with Crippen molar-refractivity contribution in [3.05, 3.63) is 40.6 Å². The van der Waals surface area contributed by atoms with Gasteiger partial charge in [0.05, 0.1) is 23.2 Å².